The first kappa shape index (κ1) is 31.5. The molecular weight excluding hydrogens is 432 g/mol. The quantitative estimate of drug-likeness (QED) is 0.123. The Morgan fingerprint density at radius 1 is 0.714 bits per heavy atom. The van der Waals surface area contributed by atoms with Crippen molar-refractivity contribution in [2.24, 2.45) is 5.92 Å². The predicted molar refractivity (Wildman–Crippen MR) is 150 cm³/mol. The summed E-state index contributed by atoms with van der Waals surface area (Å²) in [5.41, 5.74) is 1.39. The standard InChI is InChI=1S/C32H56O3/c1-4-7-9-16-20-29(30-23-25-31(33)26-24-30)21-17-14-12-10-11-13-15-18-22-32(34)35-27-28(6-3)19-8-5-2/h23-26,28-29,33H,4-22,27H2,1-3H3. The number of carbonyl (C=O) groups is 1. The highest BCUT2D eigenvalue weighted by atomic mass is 16.5. The van der Waals surface area contributed by atoms with Gasteiger partial charge in [-0.3, -0.25) is 4.79 Å². The van der Waals surface area contributed by atoms with Crippen molar-refractivity contribution in [1.29, 1.82) is 0 Å². The molecule has 35 heavy (non-hydrogen) atoms. The van der Waals surface area contributed by atoms with Crippen LogP contribution in [0.3, 0.4) is 0 Å². The fourth-order valence-corrected chi connectivity index (χ4v) is 4.94. The maximum Gasteiger partial charge on any atom is 0.305 e. The van der Waals surface area contributed by atoms with E-state index in [0.717, 1.165) is 19.3 Å². The molecule has 0 heterocycles. The normalized spacial score (nSPS) is 13.0. The molecule has 0 saturated heterocycles. The third-order valence-electron chi connectivity index (χ3n) is 7.48. The van der Waals surface area contributed by atoms with E-state index in [9.17, 15) is 9.90 Å². The number of unbranched alkanes of at least 4 members (excludes halogenated alkanes) is 11. The van der Waals surface area contributed by atoms with Crippen molar-refractivity contribution in [2.45, 2.75) is 149 Å². The van der Waals surface area contributed by atoms with Crippen LogP contribution in [0.2, 0.25) is 0 Å². The zero-order chi connectivity index (χ0) is 25.6. The molecule has 2 unspecified atom stereocenters. The summed E-state index contributed by atoms with van der Waals surface area (Å²) >= 11 is 0. The van der Waals surface area contributed by atoms with Gasteiger partial charge in [-0.2, -0.15) is 0 Å². The van der Waals surface area contributed by atoms with E-state index >= 15 is 0 Å². The van der Waals surface area contributed by atoms with Gasteiger partial charge in [-0.25, -0.2) is 0 Å². The number of ether oxygens (including phenoxy) is 1. The minimum Gasteiger partial charge on any atom is -0.508 e. The highest BCUT2D eigenvalue weighted by Crippen LogP contribution is 2.29. The Morgan fingerprint density at radius 2 is 1.26 bits per heavy atom. The summed E-state index contributed by atoms with van der Waals surface area (Å²) in [4.78, 5) is 12.0. The van der Waals surface area contributed by atoms with Crippen LogP contribution in [0.25, 0.3) is 0 Å². The van der Waals surface area contributed by atoms with Crippen LogP contribution < -0.4 is 0 Å². The Balaban J connectivity index is 2.08. The van der Waals surface area contributed by atoms with Gasteiger partial charge < -0.3 is 9.84 Å². The molecular formula is C32H56O3. The van der Waals surface area contributed by atoms with Crippen LogP contribution in [0.5, 0.6) is 5.75 Å². The van der Waals surface area contributed by atoms with Crippen LogP contribution in [0.1, 0.15) is 154 Å². The SMILES string of the molecule is CCCCCCC(CCCCCCCCCCC(=O)OCC(CC)CCCC)c1ccc(O)cc1. The topological polar surface area (TPSA) is 46.5 Å². The van der Waals surface area contributed by atoms with Gasteiger partial charge in [0.2, 0.25) is 0 Å². The van der Waals surface area contributed by atoms with Crippen molar-refractivity contribution < 1.29 is 14.6 Å². The number of esters is 1. The fourth-order valence-electron chi connectivity index (χ4n) is 4.94. The average molecular weight is 489 g/mol. The largest absolute Gasteiger partial charge is 0.508 e. The first-order valence-corrected chi connectivity index (χ1v) is 15.0. The predicted octanol–water partition coefficient (Wildman–Crippen LogP) is 10.1. The van der Waals surface area contributed by atoms with E-state index < -0.39 is 0 Å². The fraction of sp³-hybridized carbons (Fsp3) is 0.781. The lowest BCUT2D eigenvalue weighted by molar-refractivity contribution is -0.145. The second kappa shape index (κ2) is 21.7. The van der Waals surface area contributed by atoms with Crippen molar-refractivity contribution in [3.05, 3.63) is 29.8 Å². The minimum absolute atomic E-state index is 0.00201. The summed E-state index contributed by atoms with van der Waals surface area (Å²) in [6, 6.07) is 7.90. The maximum absolute atomic E-state index is 12.0. The highest BCUT2D eigenvalue weighted by molar-refractivity contribution is 5.69. The molecule has 0 radical (unpaired) electrons. The molecule has 202 valence electrons. The molecule has 1 rings (SSSR count). The number of carbonyl (C=O) groups excluding carboxylic acids is 1. The van der Waals surface area contributed by atoms with Crippen LogP contribution in [0, 0.1) is 5.92 Å². The van der Waals surface area contributed by atoms with Crippen LogP contribution in [-0.2, 0) is 9.53 Å². The zero-order valence-electron chi connectivity index (χ0n) is 23.4. The molecule has 0 aliphatic carbocycles. The van der Waals surface area contributed by atoms with Gasteiger partial charge in [0, 0.05) is 6.42 Å². The molecule has 1 N–H and O–H groups in total. The monoisotopic (exact) mass is 488 g/mol. The Hall–Kier alpha value is -1.51. The van der Waals surface area contributed by atoms with Crippen LogP contribution in [0.4, 0.5) is 0 Å². The number of rotatable bonds is 23. The third kappa shape index (κ3) is 16.7. The van der Waals surface area contributed by atoms with E-state index in [0.29, 0.717) is 30.6 Å². The van der Waals surface area contributed by atoms with Crippen molar-refractivity contribution >= 4 is 5.97 Å². The van der Waals surface area contributed by atoms with Crippen molar-refractivity contribution in [1.82, 2.24) is 0 Å². The van der Waals surface area contributed by atoms with E-state index in [1.165, 1.54) is 102 Å². The van der Waals surface area contributed by atoms with E-state index in [-0.39, 0.29) is 5.97 Å². The lowest BCUT2D eigenvalue weighted by Crippen LogP contribution is -2.13. The Labute approximate surface area is 217 Å². The molecule has 0 saturated carbocycles. The van der Waals surface area contributed by atoms with Gasteiger partial charge in [-0.15, -0.1) is 0 Å². The average Bonchev–Trinajstić information content (AvgIpc) is 2.87. The lowest BCUT2D eigenvalue weighted by atomic mass is 9.88. The number of hydrogen-bond acceptors (Lipinski definition) is 3. The summed E-state index contributed by atoms with van der Waals surface area (Å²) in [6.07, 6.45) is 22.9. The van der Waals surface area contributed by atoms with Gasteiger partial charge in [0.25, 0.3) is 0 Å². The Bertz CT molecular complexity index is 610. The number of phenols is 1. The van der Waals surface area contributed by atoms with Crippen molar-refractivity contribution in [3.8, 4) is 5.75 Å². The summed E-state index contributed by atoms with van der Waals surface area (Å²) in [5.74, 6) is 1.53. The van der Waals surface area contributed by atoms with Crippen molar-refractivity contribution in [3.63, 3.8) is 0 Å². The second-order valence-electron chi connectivity index (χ2n) is 10.6. The number of hydrogen-bond donors (Lipinski definition) is 1. The smallest absolute Gasteiger partial charge is 0.305 e. The number of benzene rings is 1. The molecule has 0 aromatic heterocycles. The summed E-state index contributed by atoms with van der Waals surface area (Å²) in [6.45, 7) is 7.28. The van der Waals surface area contributed by atoms with Gasteiger partial charge in [0.1, 0.15) is 5.75 Å². The van der Waals surface area contributed by atoms with Gasteiger partial charge in [-0.05, 0) is 55.2 Å². The molecule has 0 aliphatic heterocycles. The minimum atomic E-state index is -0.00201. The maximum atomic E-state index is 12.0. The highest BCUT2D eigenvalue weighted by Gasteiger charge is 2.12. The van der Waals surface area contributed by atoms with E-state index in [4.69, 9.17) is 4.74 Å². The van der Waals surface area contributed by atoms with E-state index in [1.807, 2.05) is 12.1 Å². The van der Waals surface area contributed by atoms with E-state index in [2.05, 4.69) is 32.9 Å². The van der Waals surface area contributed by atoms with Crippen LogP contribution in [0.15, 0.2) is 24.3 Å². The molecule has 2 atom stereocenters. The number of aromatic hydroxyl groups is 1. The van der Waals surface area contributed by atoms with Crippen LogP contribution >= 0.6 is 0 Å². The Kier molecular flexibility index (Phi) is 19.6. The number of phenolic OH excluding ortho intramolecular Hbond substituents is 1. The molecule has 0 aliphatic rings. The second-order valence-corrected chi connectivity index (χ2v) is 10.6. The zero-order valence-corrected chi connectivity index (χ0v) is 23.4. The molecule has 3 heteroatoms. The molecule has 0 bridgehead atoms. The summed E-state index contributed by atoms with van der Waals surface area (Å²) in [7, 11) is 0. The summed E-state index contributed by atoms with van der Waals surface area (Å²) in [5, 5.41) is 9.62. The Morgan fingerprint density at radius 3 is 1.83 bits per heavy atom. The first-order chi connectivity index (χ1) is 17.1. The molecule has 3 nitrogen and oxygen atoms in total. The van der Waals surface area contributed by atoms with E-state index in [1.54, 1.807) is 0 Å². The molecule has 1 aromatic carbocycles. The lowest BCUT2D eigenvalue weighted by Gasteiger charge is -2.17. The van der Waals surface area contributed by atoms with Crippen LogP contribution in [-0.4, -0.2) is 17.7 Å². The van der Waals surface area contributed by atoms with Crippen molar-refractivity contribution in [2.75, 3.05) is 6.61 Å². The van der Waals surface area contributed by atoms with Gasteiger partial charge in [0.05, 0.1) is 6.61 Å². The van der Waals surface area contributed by atoms with Gasteiger partial charge >= 0.3 is 5.97 Å². The molecule has 1 aromatic rings. The molecule has 0 fully saturated rings. The first-order valence-electron chi connectivity index (χ1n) is 15.0. The third-order valence-corrected chi connectivity index (χ3v) is 7.48. The van der Waals surface area contributed by atoms with Gasteiger partial charge in [0.15, 0.2) is 0 Å². The molecule has 0 amide bonds. The summed E-state index contributed by atoms with van der Waals surface area (Å²) < 4.78 is 5.51. The van der Waals surface area contributed by atoms with Gasteiger partial charge in [-0.1, -0.05) is 123 Å². The molecule has 0 spiro atoms.